The van der Waals surface area contributed by atoms with Gasteiger partial charge >= 0.3 is 0 Å². The van der Waals surface area contributed by atoms with Crippen molar-refractivity contribution in [3.8, 4) is 0 Å². The van der Waals surface area contributed by atoms with E-state index >= 15 is 0 Å². The first kappa shape index (κ1) is 16.3. The first-order valence-electron chi connectivity index (χ1n) is 8.55. The molecule has 8 nitrogen and oxygen atoms in total. The Labute approximate surface area is 151 Å². The van der Waals surface area contributed by atoms with Crippen molar-refractivity contribution in [1.82, 2.24) is 19.7 Å². The number of benzene rings is 1. The van der Waals surface area contributed by atoms with Crippen LogP contribution in [0, 0.1) is 0 Å². The van der Waals surface area contributed by atoms with Crippen molar-refractivity contribution in [2.45, 2.75) is 0 Å². The van der Waals surface area contributed by atoms with E-state index in [0.29, 0.717) is 5.82 Å². The molecule has 0 atom stereocenters. The molecule has 26 heavy (non-hydrogen) atoms. The summed E-state index contributed by atoms with van der Waals surface area (Å²) in [5.74, 6) is 2.30. The molecule has 1 aromatic carbocycles. The van der Waals surface area contributed by atoms with Crippen LogP contribution in [0.2, 0.25) is 0 Å². The lowest BCUT2D eigenvalue weighted by Gasteiger charge is -2.28. The number of aryl methyl sites for hydroxylation is 1. The summed E-state index contributed by atoms with van der Waals surface area (Å²) >= 11 is 0. The molecule has 4 rings (SSSR count). The molecule has 0 amide bonds. The molecule has 134 valence electrons. The summed E-state index contributed by atoms with van der Waals surface area (Å²) in [6.45, 7) is 3.43. The minimum absolute atomic E-state index is 0.705. The molecule has 1 aliphatic heterocycles. The minimum Gasteiger partial charge on any atom is -0.378 e. The highest BCUT2D eigenvalue weighted by molar-refractivity contribution is 5.63. The third-order valence-corrected chi connectivity index (χ3v) is 4.26. The Morgan fingerprint density at radius 3 is 2.38 bits per heavy atom. The average Bonchev–Trinajstić information content (AvgIpc) is 3.08. The van der Waals surface area contributed by atoms with Gasteiger partial charge in [-0.15, -0.1) is 0 Å². The topological polar surface area (TPSA) is 80.1 Å². The molecule has 0 unspecified atom stereocenters. The molecule has 3 aromatic rings. The van der Waals surface area contributed by atoms with E-state index in [1.165, 1.54) is 12.0 Å². The Kier molecular flexibility index (Phi) is 4.65. The largest absolute Gasteiger partial charge is 0.378 e. The van der Waals surface area contributed by atoms with Crippen molar-refractivity contribution in [1.29, 1.82) is 0 Å². The van der Waals surface area contributed by atoms with Gasteiger partial charge in [-0.25, -0.2) is 9.97 Å². The summed E-state index contributed by atoms with van der Waals surface area (Å²) in [4.78, 5) is 10.9. The Morgan fingerprint density at radius 2 is 1.69 bits per heavy atom. The van der Waals surface area contributed by atoms with Crippen LogP contribution in [0.25, 0.3) is 0 Å². The van der Waals surface area contributed by atoms with E-state index in [4.69, 9.17) is 4.74 Å². The van der Waals surface area contributed by atoms with Crippen LogP contribution in [0.4, 0.5) is 28.8 Å². The Balaban J connectivity index is 1.43. The fourth-order valence-corrected chi connectivity index (χ4v) is 2.85. The molecular weight excluding hydrogens is 330 g/mol. The smallest absolute Gasteiger partial charge is 0.137 e. The normalized spacial score (nSPS) is 14.3. The van der Waals surface area contributed by atoms with Gasteiger partial charge in [-0.1, -0.05) is 0 Å². The number of rotatable bonds is 5. The van der Waals surface area contributed by atoms with Gasteiger partial charge in [0, 0.05) is 43.6 Å². The fourth-order valence-electron chi connectivity index (χ4n) is 2.85. The van der Waals surface area contributed by atoms with E-state index in [1.807, 2.05) is 19.2 Å². The van der Waals surface area contributed by atoms with Gasteiger partial charge in [-0.3, -0.25) is 4.68 Å². The van der Waals surface area contributed by atoms with E-state index in [0.717, 1.165) is 43.6 Å². The molecule has 0 spiro atoms. The summed E-state index contributed by atoms with van der Waals surface area (Å²) in [7, 11) is 1.87. The first-order chi connectivity index (χ1) is 12.8. The van der Waals surface area contributed by atoms with Crippen LogP contribution in [-0.4, -0.2) is 46.1 Å². The standard InChI is InChI=1S/C18H21N7O/c1-24-18(6-7-21-24)23-17-12-16(19-13-20-17)22-14-2-4-15(5-3-14)25-8-10-26-11-9-25/h2-7,12-13H,8-11H2,1H3,(H2,19,20,22,23). The number of morpholine rings is 1. The number of hydrogen-bond acceptors (Lipinski definition) is 7. The monoisotopic (exact) mass is 351 g/mol. The van der Waals surface area contributed by atoms with Gasteiger partial charge in [-0.2, -0.15) is 5.10 Å². The van der Waals surface area contributed by atoms with Crippen molar-refractivity contribution in [3.05, 3.63) is 48.9 Å². The lowest BCUT2D eigenvalue weighted by atomic mass is 10.2. The molecule has 8 heteroatoms. The Hall–Kier alpha value is -3.13. The van der Waals surface area contributed by atoms with E-state index < -0.39 is 0 Å². The summed E-state index contributed by atoms with van der Waals surface area (Å²) in [5, 5.41) is 10.7. The van der Waals surface area contributed by atoms with Crippen LogP contribution in [0.3, 0.4) is 0 Å². The van der Waals surface area contributed by atoms with Gasteiger partial charge in [0.05, 0.1) is 19.4 Å². The number of nitrogens with zero attached hydrogens (tertiary/aromatic N) is 5. The molecular formula is C18H21N7O. The van der Waals surface area contributed by atoms with Gasteiger partial charge in [0.2, 0.25) is 0 Å². The quantitative estimate of drug-likeness (QED) is 0.731. The van der Waals surface area contributed by atoms with Crippen LogP contribution in [-0.2, 0) is 11.8 Å². The Morgan fingerprint density at radius 1 is 0.962 bits per heavy atom. The number of hydrogen-bond donors (Lipinski definition) is 2. The molecule has 2 aromatic heterocycles. The number of nitrogens with one attached hydrogen (secondary N) is 2. The van der Waals surface area contributed by atoms with Crippen LogP contribution in [0.1, 0.15) is 0 Å². The highest BCUT2D eigenvalue weighted by atomic mass is 16.5. The third kappa shape index (κ3) is 3.75. The average molecular weight is 351 g/mol. The zero-order valence-corrected chi connectivity index (χ0v) is 14.6. The highest BCUT2D eigenvalue weighted by Crippen LogP contribution is 2.22. The second kappa shape index (κ2) is 7.40. The Bertz CT molecular complexity index is 856. The maximum absolute atomic E-state index is 5.40. The molecule has 2 N–H and O–H groups in total. The molecule has 0 bridgehead atoms. The van der Waals surface area contributed by atoms with Crippen molar-refractivity contribution >= 4 is 28.8 Å². The number of ether oxygens (including phenoxy) is 1. The highest BCUT2D eigenvalue weighted by Gasteiger charge is 2.11. The fraction of sp³-hybridized carbons (Fsp3) is 0.278. The molecule has 1 fully saturated rings. The van der Waals surface area contributed by atoms with Crippen LogP contribution < -0.4 is 15.5 Å². The second-order valence-corrected chi connectivity index (χ2v) is 6.02. The maximum atomic E-state index is 5.40. The molecule has 0 saturated carbocycles. The van der Waals surface area contributed by atoms with Crippen molar-refractivity contribution in [2.24, 2.45) is 7.05 Å². The summed E-state index contributed by atoms with van der Waals surface area (Å²) in [6, 6.07) is 12.1. The molecule has 0 aliphatic carbocycles. The lowest BCUT2D eigenvalue weighted by Crippen LogP contribution is -2.36. The zero-order valence-electron chi connectivity index (χ0n) is 14.6. The van der Waals surface area contributed by atoms with Crippen LogP contribution in [0.15, 0.2) is 48.9 Å². The van der Waals surface area contributed by atoms with E-state index in [2.05, 4.69) is 54.9 Å². The van der Waals surface area contributed by atoms with Gasteiger partial charge in [-0.05, 0) is 24.3 Å². The van der Waals surface area contributed by atoms with Crippen LogP contribution >= 0.6 is 0 Å². The van der Waals surface area contributed by atoms with Gasteiger partial charge in [0.15, 0.2) is 0 Å². The summed E-state index contributed by atoms with van der Waals surface area (Å²) < 4.78 is 7.15. The first-order valence-corrected chi connectivity index (χ1v) is 8.55. The van der Waals surface area contributed by atoms with Gasteiger partial charge < -0.3 is 20.3 Å². The molecule has 3 heterocycles. The summed E-state index contributed by atoms with van der Waals surface area (Å²) in [6.07, 6.45) is 3.27. The second-order valence-electron chi connectivity index (χ2n) is 6.02. The predicted octanol–water partition coefficient (Wildman–Crippen LogP) is 2.53. The molecule has 0 radical (unpaired) electrons. The number of anilines is 5. The van der Waals surface area contributed by atoms with Gasteiger partial charge in [0.1, 0.15) is 23.8 Å². The van der Waals surface area contributed by atoms with E-state index in [-0.39, 0.29) is 0 Å². The van der Waals surface area contributed by atoms with Crippen LogP contribution in [0.5, 0.6) is 0 Å². The van der Waals surface area contributed by atoms with Crippen molar-refractivity contribution in [3.63, 3.8) is 0 Å². The SMILES string of the molecule is Cn1nccc1Nc1cc(Nc2ccc(N3CCOCC3)cc2)ncn1. The molecule has 1 saturated heterocycles. The van der Waals surface area contributed by atoms with Crippen molar-refractivity contribution < 1.29 is 4.74 Å². The zero-order chi connectivity index (χ0) is 17.8. The van der Waals surface area contributed by atoms with Crippen molar-refractivity contribution in [2.75, 3.05) is 41.8 Å². The lowest BCUT2D eigenvalue weighted by molar-refractivity contribution is 0.122. The molecule has 1 aliphatic rings. The minimum atomic E-state index is 0.705. The summed E-state index contributed by atoms with van der Waals surface area (Å²) in [5.41, 5.74) is 2.19. The number of aromatic nitrogens is 4. The predicted molar refractivity (Wildman–Crippen MR) is 101 cm³/mol. The third-order valence-electron chi connectivity index (χ3n) is 4.26. The van der Waals surface area contributed by atoms with E-state index in [1.54, 1.807) is 10.9 Å². The van der Waals surface area contributed by atoms with Gasteiger partial charge in [0.25, 0.3) is 0 Å². The van der Waals surface area contributed by atoms with E-state index in [9.17, 15) is 0 Å². The maximum Gasteiger partial charge on any atom is 0.137 e.